The molecule has 3 rings (SSSR count). The Morgan fingerprint density at radius 1 is 1.32 bits per heavy atom. The van der Waals surface area contributed by atoms with Crippen LogP contribution in [0.3, 0.4) is 0 Å². The highest BCUT2D eigenvalue weighted by atomic mass is 32.1. The van der Waals surface area contributed by atoms with Crippen molar-refractivity contribution in [2.24, 2.45) is 0 Å². The van der Waals surface area contributed by atoms with E-state index >= 15 is 0 Å². The number of rotatable bonds is 5. The van der Waals surface area contributed by atoms with Crippen LogP contribution in [0.5, 0.6) is 0 Å². The maximum Gasteiger partial charge on any atom is 0.158 e. The van der Waals surface area contributed by atoms with E-state index in [1.807, 2.05) is 18.4 Å². The highest BCUT2D eigenvalue weighted by molar-refractivity contribution is 7.19. The summed E-state index contributed by atoms with van der Waals surface area (Å²) in [6, 6.07) is 0. The first-order valence-electron chi connectivity index (χ1n) is 6.90. The molecule has 0 fully saturated rings. The number of aryl methyl sites for hydroxylation is 2. The van der Waals surface area contributed by atoms with E-state index in [-0.39, 0.29) is 0 Å². The van der Waals surface area contributed by atoms with Crippen LogP contribution in [-0.4, -0.2) is 23.6 Å². The van der Waals surface area contributed by atoms with Gasteiger partial charge in [0.1, 0.15) is 17.3 Å². The summed E-state index contributed by atoms with van der Waals surface area (Å²) in [7, 11) is 1.93. The van der Waals surface area contributed by atoms with Crippen LogP contribution in [0.1, 0.15) is 36.0 Å². The fourth-order valence-corrected chi connectivity index (χ4v) is 3.87. The van der Waals surface area contributed by atoms with Gasteiger partial charge in [0.05, 0.1) is 5.39 Å². The maximum absolute atomic E-state index is 5.55. The van der Waals surface area contributed by atoms with Crippen molar-refractivity contribution in [2.75, 3.05) is 19.0 Å². The highest BCUT2D eigenvalue weighted by Crippen LogP contribution is 2.39. The second kappa shape index (κ2) is 5.43. The number of nitrogens with zero attached hydrogens (tertiary/aromatic N) is 2. The topological polar surface area (TPSA) is 47.0 Å². The Labute approximate surface area is 117 Å². The van der Waals surface area contributed by atoms with E-state index in [0.29, 0.717) is 6.61 Å². The number of anilines is 1. The fourth-order valence-electron chi connectivity index (χ4n) is 2.59. The summed E-state index contributed by atoms with van der Waals surface area (Å²) in [5.74, 6) is 1.74. The lowest BCUT2D eigenvalue weighted by Gasteiger charge is -2.07. The Hall–Kier alpha value is -1.20. The molecule has 0 aromatic carbocycles. The molecule has 5 heteroatoms. The third-order valence-electron chi connectivity index (χ3n) is 3.43. The van der Waals surface area contributed by atoms with Gasteiger partial charge >= 0.3 is 0 Å². The molecule has 0 atom stereocenters. The Balaban J connectivity index is 1.99. The minimum atomic E-state index is 0.501. The fraction of sp³-hybridized carbons (Fsp3) is 0.571. The summed E-state index contributed by atoms with van der Waals surface area (Å²) in [5, 5.41) is 4.45. The van der Waals surface area contributed by atoms with Crippen LogP contribution in [-0.2, 0) is 24.2 Å². The molecule has 0 unspecified atom stereocenters. The largest absolute Gasteiger partial charge is 0.373 e. The van der Waals surface area contributed by atoms with E-state index in [4.69, 9.17) is 4.74 Å². The first-order chi connectivity index (χ1) is 9.33. The van der Waals surface area contributed by atoms with Gasteiger partial charge in [0.25, 0.3) is 0 Å². The maximum atomic E-state index is 5.55. The molecule has 102 valence electrons. The quantitative estimate of drug-likeness (QED) is 0.853. The molecule has 1 aliphatic rings. The number of nitrogens with one attached hydrogen (secondary N) is 1. The highest BCUT2D eigenvalue weighted by Gasteiger charge is 2.21. The lowest BCUT2D eigenvalue weighted by atomic mass is 10.2. The normalized spacial score (nSPS) is 14.0. The molecule has 0 saturated carbocycles. The number of ether oxygens (including phenoxy) is 1. The van der Waals surface area contributed by atoms with Gasteiger partial charge in [0.2, 0.25) is 0 Å². The smallest absolute Gasteiger partial charge is 0.158 e. The Morgan fingerprint density at radius 2 is 2.21 bits per heavy atom. The van der Waals surface area contributed by atoms with Gasteiger partial charge in [-0.15, -0.1) is 11.3 Å². The van der Waals surface area contributed by atoms with E-state index in [1.165, 1.54) is 35.1 Å². The first-order valence-corrected chi connectivity index (χ1v) is 7.71. The first kappa shape index (κ1) is 12.8. The number of thiophene rings is 1. The summed E-state index contributed by atoms with van der Waals surface area (Å²) in [6.07, 6.45) is 4.65. The van der Waals surface area contributed by atoms with Crippen molar-refractivity contribution in [3.05, 3.63) is 16.3 Å². The van der Waals surface area contributed by atoms with Crippen molar-refractivity contribution < 1.29 is 4.74 Å². The van der Waals surface area contributed by atoms with Crippen LogP contribution in [0, 0.1) is 0 Å². The van der Waals surface area contributed by atoms with Crippen molar-refractivity contribution >= 4 is 27.4 Å². The lowest BCUT2D eigenvalue weighted by Crippen LogP contribution is -2.03. The molecule has 2 aromatic rings. The van der Waals surface area contributed by atoms with E-state index in [0.717, 1.165) is 29.5 Å². The average Bonchev–Trinajstić information content (AvgIpc) is 2.98. The Kier molecular flexibility index (Phi) is 3.66. The number of aromatic nitrogens is 2. The number of fused-ring (bicyclic) bond motifs is 3. The zero-order valence-electron chi connectivity index (χ0n) is 11.5. The van der Waals surface area contributed by atoms with Crippen molar-refractivity contribution in [3.63, 3.8) is 0 Å². The summed E-state index contributed by atoms with van der Waals surface area (Å²) in [6.45, 7) is 3.37. The van der Waals surface area contributed by atoms with Crippen LogP contribution in [0.4, 0.5) is 5.82 Å². The standard InChI is InChI=1S/C14H19N3OS/c1-3-7-18-8-11-16-13(15-2)12-9-5-4-6-10(9)19-14(12)17-11/h3-8H2,1-2H3,(H,15,16,17). The molecule has 4 nitrogen and oxygen atoms in total. The molecule has 2 heterocycles. The predicted molar refractivity (Wildman–Crippen MR) is 78.9 cm³/mol. The van der Waals surface area contributed by atoms with Crippen molar-refractivity contribution in [2.45, 2.75) is 39.2 Å². The van der Waals surface area contributed by atoms with Gasteiger partial charge < -0.3 is 10.1 Å². The molecule has 2 aromatic heterocycles. The number of hydrogen-bond donors (Lipinski definition) is 1. The minimum absolute atomic E-state index is 0.501. The summed E-state index contributed by atoms with van der Waals surface area (Å²) in [4.78, 5) is 11.9. The van der Waals surface area contributed by atoms with Crippen LogP contribution >= 0.6 is 11.3 Å². The molecule has 0 amide bonds. The summed E-state index contributed by atoms with van der Waals surface area (Å²) >= 11 is 1.82. The zero-order chi connectivity index (χ0) is 13.2. The van der Waals surface area contributed by atoms with Gasteiger partial charge in [-0.05, 0) is 31.2 Å². The van der Waals surface area contributed by atoms with Crippen LogP contribution in [0.2, 0.25) is 0 Å². The van der Waals surface area contributed by atoms with Gasteiger partial charge in [-0.25, -0.2) is 9.97 Å². The second-order valence-corrected chi connectivity index (χ2v) is 5.91. The van der Waals surface area contributed by atoms with Crippen LogP contribution < -0.4 is 5.32 Å². The molecule has 19 heavy (non-hydrogen) atoms. The molecule has 0 bridgehead atoms. The molecule has 0 spiro atoms. The lowest BCUT2D eigenvalue weighted by molar-refractivity contribution is 0.116. The van der Waals surface area contributed by atoms with Gasteiger partial charge in [-0.2, -0.15) is 0 Å². The van der Waals surface area contributed by atoms with Crippen molar-refractivity contribution in [3.8, 4) is 0 Å². The molecule has 0 radical (unpaired) electrons. The Bertz CT molecular complexity index is 594. The van der Waals surface area contributed by atoms with Gasteiger partial charge in [-0.3, -0.25) is 0 Å². The minimum Gasteiger partial charge on any atom is -0.373 e. The van der Waals surface area contributed by atoms with Gasteiger partial charge in [-0.1, -0.05) is 6.92 Å². The third kappa shape index (κ3) is 2.32. The Morgan fingerprint density at radius 3 is 3.00 bits per heavy atom. The van der Waals surface area contributed by atoms with E-state index in [2.05, 4.69) is 22.2 Å². The summed E-state index contributed by atoms with van der Waals surface area (Å²) in [5.41, 5.74) is 1.46. The molecule has 0 aliphatic heterocycles. The monoisotopic (exact) mass is 277 g/mol. The molecular formula is C14H19N3OS. The SMILES string of the molecule is CCCOCc1nc(NC)c2c3c(sc2n1)CCC3. The summed E-state index contributed by atoms with van der Waals surface area (Å²) < 4.78 is 5.55. The van der Waals surface area contributed by atoms with Crippen molar-refractivity contribution in [1.82, 2.24) is 9.97 Å². The molecule has 1 N–H and O–H groups in total. The third-order valence-corrected chi connectivity index (χ3v) is 4.61. The predicted octanol–water partition coefficient (Wildman–Crippen LogP) is 3.15. The number of hydrogen-bond acceptors (Lipinski definition) is 5. The van der Waals surface area contributed by atoms with Crippen molar-refractivity contribution in [1.29, 1.82) is 0 Å². The van der Waals surface area contributed by atoms with Gasteiger partial charge in [0, 0.05) is 18.5 Å². The van der Waals surface area contributed by atoms with E-state index in [9.17, 15) is 0 Å². The van der Waals surface area contributed by atoms with Crippen LogP contribution in [0.25, 0.3) is 10.2 Å². The van der Waals surface area contributed by atoms with E-state index < -0.39 is 0 Å². The van der Waals surface area contributed by atoms with E-state index in [1.54, 1.807) is 0 Å². The van der Waals surface area contributed by atoms with Gasteiger partial charge in [0.15, 0.2) is 5.82 Å². The molecule has 1 aliphatic carbocycles. The molecule has 0 saturated heterocycles. The second-order valence-electron chi connectivity index (χ2n) is 4.83. The average molecular weight is 277 g/mol. The molecular weight excluding hydrogens is 258 g/mol. The zero-order valence-corrected chi connectivity index (χ0v) is 12.3. The van der Waals surface area contributed by atoms with Crippen LogP contribution in [0.15, 0.2) is 0 Å².